The lowest BCUT2D eigenvalue weighted by molar-refractivity contribution is 0.894. The standard InChI is InChI=1S/C18H17N5S.BrH/c1-2-7-14-16(23-11-6-10-19-17(23)21-14)15-12-24-18(22-15)20-13-8-4-3-5-9-13;/h3-6,8-12H,2,7H2,1H3,(H,20,22);1H. The second kappa shape index (κ2) is 7.76. The fourth-order valence-corrected chi connectivity index (χ4v) is 3.42. The van der Waals surface area contributed by atoms with Gasteiger partial charge >= 0.3 is 0 Å². The molecule has 0 spiro atoms. The van der Waals surface area contributed by atoms with Crippen molar-refractivity contribution in [3.63, 3.8) is 0 Å². The second-order valence-corrected chi connectivity index (χ2v) is 6.33. The first-order chi connectivity index (χ1) is 11.8. The average Bonchev–Trinajstić information content (AvgIpc) is 3.20. The van der Waals surface area contributed by atoms with Gasteiger partial charge in [-0.05, 0) is 24.6 Å². The highest BCUT2D eigenvalue weighted by molar-refractivity contribution is 8.93. The van der Waals surface area contributed by atoms with Gasteiger partial charge in [0.2, 0.25) is 5.78 Å². The summed E-state index contributed by atoms with van der Waals surface area (Å²) in [6.07, 6.45) is 5.71. The van der Waals surface area contributed by atoms with Crippen LogP contribution in [0.3, 0.4) is 0 Å². The van der Waals surface area contributed by atoms with Gasteiger partial charge in [-0.15, -0.1) is 28.3 Å². The molecule has 0 atom stereocenters. The Morgan fingerprint density at radius 1 is 1.12 bits per heavy atom. The summed E-state index contributed by atoms with van der Waals surface area (Å²) in [6, 6.07) is 12.0. The first kappa shape index (κ1) is 17.6. The van der Waals surface area contributed by atoms with Gasteiger partial charge in [0, 0.05) is 23.5 Å². The number of benzene rings is 1. The minimum Gasteiger partial charge on any atom is -0.332 e. The van der Waals surface area contributed by atoms with Crippen LogP contribution in [-0.4, -0.2) is 19.4 Å². The van der Waals surface area contributed by atoms with Crippen LogP contribution in [0.4, 0.5) is 10.8 Å². The molecule has 0 aliphatic carbocycles. The van der Waals surface area contributed by atoms with E-state index in [1.165, 1.54) is 0 Å². The number of aromatic nitrogens is 4. The molecular weight excluding hydrogens is 398 g/mol. The predicted molar refractivity (Wildman–Crippen MR) is 108 cm³/mol. The number of rotatable bonds is 5. The van der Waals surface area contributed by atoms with Crippen LogP contribution in [0, 0.1) is 0 Å². The van der Waals surface area contributed by atoms with Crippen LogP contribution in [0.5, 0.6) is 0 Å². The molecule has 0 saturated heterocycles. The highest BCUT2D eigenvalue weighted by Crippen LogP contribution is 2.30. The zero-order valence-corrected chi connectivity index (χ0v) is 16.2. The Hall–Kier alpha value is -2.25. The highest BCUT2D eigenvalue weighted by Gasteiger charge is 2.16. The van der Waals surface area contributed by atoms with Crippen LogP contribution >= 0.6 is 28.3 Å². The van der Waals surface area contributed by atoms with Crippen molar-refractivity contribution < 1.29 is 0 Å². The Morgan fingerprint density at radius 2 is 1.96 bits per heavy atom. The van der Waals surface area contributed by atoms with E-state index in [0.717, 1.165) is 46.5 Å². The van der Waals surface area contributed by atoms with Gasteiger partial charge in [-0.3, -0.25) is 4.40 Å². The lowest BCUT2D eigenvalue weighted by Gasteiger charge is -2.02. The van der Waals surface area contributed by atoms with Crippen molar-refractivity contribution >= 4 is 44.9 Å². The van der Waals surface area contributed by atoms with Crippen LogP contribution in [0.15, 0.2) is 54.2 Å². The zero-order valence-electron chi connectivity index (χ0n) is 13.7. The highest BCUT2D eigenvalue weighted by atomic mass is 79.9. The molecular formula is C18H18BrN5S. The number of hydrogen-bond donors (Lipinski definition) is 1. The van der Waals surface area contributed by atoms with Crippen molar-refractivity contribution in [3.05, 3.63) is 59.9 Å². The molecule has 0 unspecified atom stereocenters. The quantitative estimate of drug-likeness (QED) is 0.490. The number of halogens is 1. The molecule has 0 fully saturated rings. The van der Waals surface area contributed by atoms with Crippen LogP contribution in [0.25, 0.3) is 17.2 Å². The number of para-hydroxylation sites is 1. The molecule has 0 bridgehead atoms. The van der Waals surface area contributed by atoms with Crippen LogP contribution in [0.2, 0.25) is 0 Å². The molecule has 0 amide bonds. The molecule has 1 aromatic carbocycles. The molecule has 25 heavy (non-hydrogen) atoms. The van der Waals surface area contributed by atoms with E-state index in [1.807, 2.05) is 47.0 Å². The van der Waals surface area contributed by atoms with Gasteiger partial charge in [0.05, 0.1) is 11.4 Å². The maximum atomic E-state index is 4.76. The van der Waals surface area contributed by atoms with E-state index in [1.54, 1.807) is 17.5 Å². The van der Waals surface area contributed by atoms with E-state index < -0.39 is 0 Å². The largest absolute Gasteiger partial charge is 0.332 e. The van der Waals surface area contributed by atoms with E-state index in [2.05, 4.69) is 27.6 Å². The van der Waals surface area contributed by atoms with Crippen molar-refractivity contribution in [1.29, 1.82) is 0 Å². The van der Waals surface area contributed by atoms with E-state index in [-0.39, 0.29) is 17.0 Å². The van der Waals surface area contributed by atoms with Gasteiger partial charge in [-0.2, -0.15) is 0 Å². The molecule has 1 N–H and O–H groups in total. The Balaban J connectivity index is 0.00000182. The number of nitrogens with zero attached hydrogens (tertiary/aromatic N) is 4. The first-order valence-corrected chi connectivity index (χ1v) is 8.83. The molecule has 0 aliphatic rings. The summed E-state index contributed by atoms with van der Waals surface area (Å²) in [6.45, 7) is 2.16. The van der Waals surface area contributed by atoms with Crippen molar-refractivity contribution in [2.45, 2.75) is 19.8 Å². The molecule has 3 aromatic heterocycles. The Labute approximate surface area is 160 Å². The number of fused-ring (bicyclic) bond motifs is 1. The second-order valence-electron chi connectivity index (χ2n) is 5.48. The zero-order chi connectivity index (χ0) is 16.4. The van der Waals surface area contributed by atoms with Crippen molar-refractivity contribution in [2.24, 2.45) is 0 Å². The third kappa shape index (κ3) is 3.57. The summed E-state index contributed by atoms with van der Waals surface area (Å²) in [5, 5.41) is 6.29. The lowest BCUT2D eigenvalue weighted by atomic mass is 10.2. The SMILES string of the molecule is Br.CCCc1nc2ncccn2c1-c1csc(Nc2ccccc2)n1. The van der Waals surface area contributed by atoms with E-state index in [0.29, 0.717) is 0 Å². The van der Waals surface area contributed by atoms with Gasteiger partial charge in [0.15, 0.2) is 5.13 Å². The molecule has 4 aromatic rings. The monoisotopic (exact) mass is 415 g/mol. The molecule has 5 nitrogen and oxygen atoms in total. The topological polar surface area (TPSA) is 55.1 Å². The third-order valence-electron chi connectivity index (χ3n) is 3.73. The maximum absolute atomic E-state index is 4.76. The number of hydrogen-bond acceptors (Lipinski definition) is 5. The Morgan fingerprint density at radius 3 is 2.76 bits per heavy atom. The minimum atomic E-state index is 0. The van der Waals surface area contributed by atoms with Crippen LogP contribution in [-0.2, 0) is 6.42 Å². The summed E-state index contributed by atoms with van der Waals surface area (Å²) in [7, 11) is 0. The van der Waals surface area contributed by atoms with Crippen molar-refractivity contribution in [1.82, 2.24) is 19.4 Å². The van der Waals surface area contributed by atoms with Crippen LogP contribution < -0.4 is 5.32 Å². The van der Waals surface area contributed by atoms with E-state index >= 15 is 0 Å². The summed E-state index contributed by atoms with van der Waals surface area (Å²) < 4.78 is 2.02. The molecule has 128 valence electrons. The molecule has 4 rings (SSSR count). The Kier molecular flexibility index (Phi) is 5.45. The number of nitrogens with one attached hydrogen (secondary N) is 1. The van der Waals surface area contributed by atoms with E-state index in [9.17, 15) is 0 Å². The molecule has 3 heterocycles. The minimum absolute atomic E-state index is 0. The molecule has 0 saturated carbocycles. The number of imidazole rings is 1. The van der Waals surface area contributed by atoms with Crippen molar-refractivity contribution in [2.75, 3.05) is 5.32 Å². The third-order valence-corrected chi connectivity index (χ3v) is 4.49. The predicted octanol–water partition coefficient (Wildman–Crippen LogP) is 5.13. The lowest BCUT2D eigenvalue weighted by Crippen LogP contribution is -1.94. The molecule has 0 radical (unpaired) electrons. The van der Waals surface area contributed by atoms with Gasteiger partial charge in [0.25, 0.3) is 0 Å². The van der Waals surface area contributed by atoms with Gasteiger partial charge in [0.1, 0.15) is 5.69 Å². The molecule has 0 aliphatic heterocycles. The summed E-state index contributed by atoms with van der Waals surface area (Å²) in [4.78, 5) is 13.8. The van der Waals surface area contributed by atoms with Crippen LogP contribution in [0.1, 0.15) is 19.0 Å². The number of anilines is 2. The van der Waals surface area contributed by atoms with Gasteiger partial charge < -0.3 is 5.32 Å². The van der Waals surface area contributed by atoms with Gasteiger partial charge in [-0.25, -0.2) is 15.0 Å². The number of thiazole rings is 1. The fourth-order valence-electron chi connectivity index (χ4n) is 2.70. The molecule has 7 heteroatoms. The summed E-state index contributed by atoms with van der Waals surface area (Å²) in [5.41, 5.74) is 4.06. The van der Waals surface area contributed by atoms with E-state index in [4.69, 9.17) is 4.98 Å². The maximum Gasteiger partial charge on any atom is 0.234 e. The average molecular weight is 416 g/mol. The summed E-state index contributed by atoms with van der Waals surface area (Å²) in [5.74, 6) is 0.724. The van der Waals surface area contributed by atoms with Gasteiger partial charge in [-0.1, -0.05) is 31.5 Å². The first-order valence-electron chi connectivity index (χ1n) is 7.95. The Bertz CT molecular complexity index is 964. The number of aryl methyl sites for hydroxylation is 1. The fraction of sp³-hybridized carbons (Fsp3) is 0.167. The normalized spacial score (nSPS) is 10.6. The van der Waals surface area contributed by atoms with Crippen molar-refractivity contribution in [3.8, 4) is 11.4 Å². The smallest absolute Gasteiger partial charge is 0.234 e. The summed E-state index contributed by atoms with van der Waals surface area (Å²) >= 11 is 1.59.